The van der Waals surface area contributed by atoms with E-state index in [0.717, 1.165) is 25.9 Å². The molecule has 1 aliphatic rings. The van der Waals surface area contributed by atoms with Crippen LogP contribution in [0.5, 0.6) is 0 Å². The summed E-state index contributed by atoms with van der Waals surface area (Å²) in [6.07, 6.45) is 2.49. The van der Waals surface area contributed by atoms with Crippen molar-refractivity contribution in [1.82, 2.24) is 5.32 Å². The van der Waals surface area contributed by atoms with Crippen LogP contribution in [0.25, 0.3) is 0 Å². The summed E-state index contributed by atoms with van der Waals surface area (Å²) in [4.78, 5) is 11.8. The number of rotatable bonds is 6. The fourth-order valence-corrected chi connectivity index (χ4v) is 2.33. The molecule has 4 N–H and O–H groups in total. The number of hydrogen-bond acceptors (Lipinski definition) is 3. The first kappa shape index (κ1) is 12.9. The number of carbonyl (C=O) groups is 1. The molecule has 0 saturated carbocycles. The zero-order chi connectivity index (χ0) is 12.8. The van der Waals surface area contributed by atoms with Crippen LogP contribution in [0.3, 0.4) is 0 Å². The average molecular weight is 247 g/mol. The number of nitrogens with two attached hydrogens (primary N) is 1. The first-order valence-electron chi connectivity index (χ1n) is 6.61. The number of amides is 1. The molecule has 1 atom stereocenters. The van der Waals surface area contributed by atoms with Gasteiger partial charge >= 0.3 is 0 Å². The van der Waals surface area contributed by atoms with E-state index in [9.17, 15) is 4.79 Å². The monoisotopic (exact) mass is 247 g/mol. The summed E-state index contributed by atoms with van der Waals surface area (Å²) < 4.78 is 0. The molecule has 1 aromatic carbocycles. The highest BCUT2D eigenvalue weighted by molar-refractivity contribution is 5.78. The number of para-hydroxylation sites is 1. The molecule has 1 amide bonds. The van der Waals surface area contributed by atoms with Crippen LogP contribution in [0, 0.1) is 0 Å². The molecule has 1 unspecified atom stereocenters. The summed E-state index contributed by atoms with van der Waals surface area (Å²) in [5.74, 6) is 0.436. The van der Waals surface area contributed by atoms with E-state index < -0.39 is 0 Å². The van der Waals surface area contributed by atoms with Gasteiger partial charge in [-0.15, -0.1) is 0 Å². The van der Waals surface area contributed by atoms with E-state index >= 15 is 0 Å². The number of fused-ring (bicyclic) bond motifs is 1. The van der Waals surface area contributed by atoms with Gasteiger partial charge in [0.05, 0.1) is 0 Å². The number of unbranched alkanes of at least 4 members (excludes halogenated alkanes) is 1. The number of anilines is 1. The van der Waals surface area contributed by atoms with Crippen molar-refractivity contribution in [2.24, 2.45) is 5.73 Å². The van der Waals surface area contributed by atoms with Gasteiger partial charge in [0.15, 0.2) is 0 Å². The molecule has 4 nitrogen and oxygen atoms in total. The minimum atomic E-state index is 0.135. The first-order valence-corrected chi connectivity index (χ1v) is 6.61. The molecule has 0 fully saturated rings. The van der Waals surface area contributed by atoms with E-state index in [1.165, 1.54) is 11.3 Å². The average Bonchev–Trinajstić information content (AvgIpc) is 2.78. The maximum absolute atomic E-state index is 11.8. The largest absolute Gasteiger partial charge is 0.384 e. The van der Waals surface area contributed by atoms with Crippen molar-refractivity contribution in [1.29, 1.82) is 0 Å². The van der Waals surface area contributed by atoms with Crippen molar-refractivity contribution in [3.8, 4) is 0 Å². The first-order chi connectivity index (χ1) is 8.81. The van der Waals surface area contributed by atoms with E-state index in [-0.39, 0.29) is 5.91 Å². The van der Waals surface area contributed by atoms with Crippen molar-refractivity contribution < 1.29 is 4.79 Å². The lowest BCUT2D eigenvalue weighted by Crippen LogP contribution is -2.26. The summed E-state index contributed by atoms with van der Waals surface area (Å²) in [6.45, 7) is 2.28. The van der Waals surface area contributed by atoms with Crippen molar-refractivity contribution in [2.45, 2.75) is 25.2 Å². The Hall–Kier alpha value is -1.55. The molecule has 1 aromatic rings. The van der Waals surface area contributed by atoms with E-state index in [0.29, 0.717) is 18.9 Å². The van der Waals surface area contributed by atoms with E-state index in [2.05, 4.69) is 22.8 Å². The van der Waals surface area contributed by atoms with Crippen molar-refractivity contribution in [2.75, 3.05) is 25.0 Å². The Bertz CT molecular complexity index is 406. The van der Waals surface area contributed by atoms with Crippen molar-refractivity contribution in [3.05, 3.63) is 29.8 Å². The molecule has 18 heavy (non-hydrogen) atoms. The van der Waals surface area contributed by atoms with Gasteiger partial charge in [-0.3, -0.25) is 4.79 Å². The highest BCUT2D eigenvalue weighted by atomic mass is 16.1. The van der Waals surface area contributed by atoms with Gasteiger partial charge in [0.1, 0.15) is 0 Å². The van der Waals surface area contributed by atoms with Gasteiger partial charge in [0.2, 0.25) is 5.91 Å². The normalized spacial score (nSPS) is 17.1. The predicted octanol–water partition coefficient (Wildman–Crippen LogP) is 1.44. The molecular weight excluding hydrogens is 226 g/mol. The zero-order valence-corrected chi connectivity index (χ0v) is 10.6. The molecule has 0 aliphatic carbocycles. The lowest BCUT2D eigenvalue weighted by atomic mass is 9.97. The van der Waals surface area contributed by atoms with Gasteiger partial charge in [-0.1, -0.05) is 18.2 Å². The van der Waals surface area contributed by atoms with Crippen LogP contribution >= 0.6 is 0 Å². The Morgan fingerprint density at radius 2 is 2.22 bits per heavy atom. The molecule has 2 rings (SSSR count). The molecule has 0 saturated heterocycles. The van der Waals surface area contributed by atoms with E-state index in [1.54, 1.807) is 0 Å². The third-order valence-electron chi connectivity index (χ3n) is 3.32. The SMILES string of the molecule is NCCCCNC(=O)CC1CNc2ccccc21. The van der Waals surface area contributed by atoms with Crippen LogP contribution < -0.4 is 16.4 Å². The van der Waals surface area contributed by atoms with Crippen LogP contribution in [0.2, 0.25) is 0 Å². The molecule has 0 spiro atoms. The minimum Gasteiger partial charge on any atom is -0.384 e. The highest BCUT2D eigenvalue weighted by Crippen LogP contribution is 2.32. The van der Waals surface area contributed by atoms with Gasteiger partial charge in [-0.05, 0) is 31.0 Å². The van der Waals surface area contributed by atoms with Crippen LogP contribution in [0.4, 0.5) is 5.69 Å². The number of benzene rings is 1. The standard InChI is InChI=1S/C14H21N3O/c15-7-3-4-8-16-14(18)9-11-10-17-13-6-2-1-5-12(11)13/h1-2,5-6,11,17H,3-4,7-10,15H2,(H,16,18). The number of hydrogen-bond donors (Lipinski definition) is 3. The second-order valence-electron chi connectivity index (χ2n) is 4.71. The van der Waals surface area contributed by atoms with E-state index in [1.807, 2.05) is 12.1 Å². The Morgan fingerprint density at radius 3 is 3.06 bits per heavy atom. The Kier molecular flexibility index (Phi) is 4.59. The summed E-state index contributed by atoms with van der Waals surface area (Å²) in [7, 11) is 0. The molecule has 0 bridgehead atoms. The van der Waals surface area contributed by atoms with Gasteiger partial charge in [-0.25, -0.2) is 0 Å². The summed E-state index contributed by atoms with van der Waals surface area (Å²) >= 11 is 0. The van der Waals surface area contributed by atoms with Crippen LogP contribution in [0.15, 0.2) is 24.3 Å². The predicted molar refractivity (Wildman–Crippen MR) is 73.6 cm³/mol. The molecule has 1 aliphatic heterocycles. The minimum absolute atomic E-state index is 0.135. The number of carbonyl (C=O) groups excluding carboxylic acids is 1. The molecule has 98 valence electrons. The zero-order valence-electron chi connectivity index (χ0n) is 10.6. The van der Waals surface area contributed by atoms with Crippen LogP contribution in [-0.2, 0) is 4.79 Å². The Morgan fingerprint density at radius 1 is 1.39 bits per heavy atom. The lowest BCUT2D eigenvalue weighted by Gasteiger charge is -2.10. The Balaban J connectivity index is 1.79. The molecule has 4 heteroatoms. The van der Waals surface area contributed by atoms with Gasteiger partial charge < -0.3 is 16.4 Å². The summed E-state index contributed by atoms with van der Waals surface area (Å²) in [5.41, 5.74) is 7.83. The van der Waals surface area contributed by atoms with Crippen LogP contribution in [-0.4, -0.2) is 25.5 Å². The maximum atomic E-state index is 11.8. The topological polar surface area (TPSA) is 67.1 Å². The number of nitrogens with one attached hydrogen (secondary N) is 2. The molecule has 0 aromatic heterocycles. The van der Waals surface area contributed by atoms with E-state index in [4.69, 9.17) is 5.73 Å². The third kappa shape index (κ3) is 3.23. The van der Waals surface area contributed by atoms with Gasteiger partial charge in [-0.2, -0.15) is 0 Å². The van der Waals surface area contributed by atoms with Crippen molar-refractivity contribution >= 4 is 11.6 Å². The van der Waals surface area contributed by atoms with Crippen molar-refractivity contribution in [3.63, 3.8) is 0 Å². The lowest BCUT2D eigenvalue weighted by molar-refractivity contribution is -0.121. The van der Waals surface area contributed by atoms with Gasteiger partial charge in [0.25, 0.3) is 0 Å². The third-order valence-corrected chi connectivity index (χ3v) is 3.32. The molecular formula is C14H21N3O. The Labute approximate surface area is 108 Å². The van der Waals surface area contributed by atoms with Gasteiger partial charge in [0, 0.05) is 31.1 Å². The smallest absolute Gasteiger partial charge is 0.220 e. The fourth-order valence-electron chi connectivity index (χ4n) is 2.33. The second kappa shape index (κ2) is 6.40. The molecule has 1 heterocycles. The fraction of sp³-hybridized carbons (Fsp3) is 0.500. The summed E-state index contributed by atoms with van der Waals surface area (Å²) in [6, 6.07) is 8.20. The highest BCUT2D eigenvalue weighted by Gasteiger charge is 2.23. The quantitative estimate of drug-likeness (QED) is 0.666. The molecule has 0 radical (unpaired) electrons. The second-order valence-corrected chi connectivity index (χ2v) is 4.71. The maximum Gasteiger partial charge on any atom is 0.220 e. The van der Waals surface area contributed by atoms with Crippen LogP contribution in [0.1, 0.15) is 30.7 Å². The summed E-state index contributed by atoms with van der Waals surface area (Å²) in [5, 5.41) is 6.29.